The van der Waals surface area contributed by atoms with Crippen LogP contribution in [0.3, 0.4) is 0 Å². The SMILES string of the molecule is C[C@@H](N[C@H]1CC[C@@H](c2ccc(C(=O)N3CCC(O)CC3)cc2)C1)c1cccc2c1OCO2. The van der Waals surface area contributed by atoms with Gasteiger partial charge in [0.15, 0.2) is 11.5 Å². The Bertz CT molecular complexity index is 953. The van der Waals surface area contributed by atoms with Crippen LogP contribution in [0.15, 0.2) is 42.5 Å². The normalized spacial score (nSPS) is 24.0. The molecular weight excluding hydrogens is 404 g/mol. The molecule has 5 rings (SSSR count). The van der Waals surface area contributed by atoms with E-state index in [0.29, 0.717) is 44.7 Å². The maximum atomic E-state index is 12.7. The first kappa shape index (κ1) is 21.3. The first-order valence-electron chi connectivity index (χ1n) is 11.8. The smallest absolute Gasteiger partial charge is 0.253 e. The van der Waals surface area contributed by atoms with E-state index in [4.69, 9.17) is 9.47 Å². The molecule has 3 atom stereocenters. The molecule has 2 aromatic carbocycles. The summed E-state index contributed by atoms with van der Waals surface area (Å²) in [7, 11) is 0. The Labute approximate surface area is 189 Å². The van der Waals surface area contributed by atoms with Crippen LogP contribution in [0.2, 0.25) is 0 Å². The Kier molecular flexibility index (Phi) is 6.07. The van der Waals surface area contributed by atoms with Crippen LogP contribution in [0, 0.1) is 0 Å². The number of aliphatic hydroxyl groups excluding tert-OH is 1. The monoisotopic (exact) mass is 436 g/mol. The van der Waals surface area contributed by atoms with Crippen LogP contribution in [0.1, 0.15) is 72.5 Å². The summed E-state index contributed by atoms with van der Waals surface area (Å²) in [5.74, 6) is 2.28. The molecule has 2 aromatic rings. The van der Waals surface area contributed by atoms with Gasteiger partial charge in [0, 0.05) is 36.3 Å². The van der Waals surface area contributed by atoms with Crippen molar-refractivity contribution in [1.82, 2.24) is 10.2 Å². The van der Waals surface area contributed by atoms with Crippen molar-refractivity contribution in [1.29, 1.82) is 0 Å². The summed E-state index contributed by atoms with van der Waals surface area (Å²) in [6.07, 6.45) is 4.45. The number of para-hydroxylation sites is 1. The van der Waals surface area contributed by atoms with Crippen LogP contribution in [-0.4, -0.2) is 47.9 Å². The molecule has 0 bridgehead atoms. The number of piperidine rings is 1. The third-order valence-electron chi connectivity index (χ3n) is 7.19. The van der Waals surface area contributed by atoms with E-state index in [0.717, 1.165) is 41.9 Å². The molecule has 170 valence electrons. The molecule has 6 heteroatoms. The summed E-state index contributed by atoms with van der Waals surface area (Å²) in [5.41, 5.74) is 3.20. The van der Waals surface area contributed by atoms with Gasteiger partial charge in [-0.05, 0) is 68.7 Å². The zero-order chi connectivity index (χ0) is 22.1. The maximum Gasteiger partial charge on any atom is 0.253 e. The van der Waals surface area contributed by atoms with Crippen molar-refractivity contribution in [2.24, 2.45) is 0 Å². The quantitative estimate of drug-likeness (QED) is 0.741. The minimum absolute atomic E-state index is 0.0739. The van der Waals surface area contributed by atoms with E-state index < -0.39 is 0 Å². The Morgan fingerprint density at radius 2 is 1.84 bits per heavy atom. The van der Waals surface area contributed by atoms with Gasteiger partial charge in [-0.15, -0.1) is 0 Å². The van der Waals surface area contributed by atoms with Crippen LogP contribution < -0.4 is 14.8 Å². The van der Waals surface area contributed by atoms with Crippen molar-refractivity contribution in [3.8, 4) is 11.5 Å². The first-order chi connectivity index (χ1) is 15.6. The van der Waals surface area contributed by atoms with Gasteiger partial charge in [0.25, 0.3) is 5.91 Å². The summed E-state index contributed by atoms with van der Waals surface area (Å²) < 4.78 is 11.2. The number of carbonyl (C=O) groups is 1. The Morgan fingerprint density at radius 3 is 2.62 bits per heavy atom. The highest BCUT2D eigenvalue weighted by molar-refractivity contribution is 5.94. The van der Waals surface area contributed by atoms with E-state index in [1.165, 1.54) is 5.56 Å². The van der Waals surface area contributed by atoms with Crippen molar-refractivity contribution < 1.29 is 19.4 Å². The summed E-state index contributed by atoms with van der Waals surface area (Å²) in [6.45, 7) is 3.75. The van der Waals surface area contributed by atoms with E-state index in [-0.39, 0.29) is 18.1 Å². The van der Waals surface area contributed by atoms with Crippen LogP contribution in [0.4, 0.5) is 0 Å². The molecule has 2 aliphatic heterocycles. The highest BCUT2D eigenvalue weighted by Crippen LogP contribution is 2.40. The summed E-state index contributed by atoms with van der Waals surface area (Å²) in [6, 6.07) is 14.9. The molecule has 1 amide bonds. The first-order valence-corrected chi connectivity index (χ1v) is 11.8. The lowest BCUT2D eigenvalue weighted by Crippen LogP contribution is -2.40. The Hall–Kier alpha value is -2.57. The number of rotatable bonds is 5. The second-order valence-electron chi connectivity index (χ2n) is 9.32. The van der Waals surface area contributed by atoms with Gasteiger partial charge < -0.3 is 24.8 Å². The van der Waals surface area contributed by atoms with E-state index in [2.05, 4.69) is 30.4 Å². The lowest BCUT2D eigenvalue weighted by Gasteiger charge is -2.29. The fraction of sp³-hybridized carbons (Fsp3) is 0.500. The van der Waals surface area contributed by atoms with Crippen LogP contribution >= 0.6 is 0 Å². The fourth-order valence-corrected chi connectivity index (χ4v) is 5.32. The van der Waals surface area contributed by atoms with Gasteiger partial charge in [-0.1, -0.05) is 24.3 Å². The molecule has 32 heavy (non-hydrogen) atoms. The number of likely N-dealkylation sites (tertiary alicyclic amines) is 1. The van der Waals surface area contributed by atoms with Gasteiger partial charge in [0.1, 0.15) is 0 Å². The predicted octanol–water partition coefficient (Wildman–Crippen LogP) is 4.00. The Balaban J connectivity index is 1.18. The zero-order valence-corrected chi connectivity index (χ0v) is 18.6. The van der Waals surface area contributed by atoms with Crippen LogP contribution in [0.25, 0.3) is 0 Å². The minimum Gasteiger partial charge on any atom is -0.454 e. The summed E-state index contributed by atoms with van der Waals surface area (Å²) >= 11 is 0. The highest BCUT2D eigenvalue weighted by Gasteiger charge is 2.29. The van der Waals surface area contributed by atoms with E-state index in [9.17, 15) is 9.90 Å². The van der Waals surface area contributed by atoms with Crippen molar-refractivity contribution in [2.45, 2.75) is 63.1 Å². The molecule has 6 nitrogen and oxygen atoms in total. The number of hydrogen-bond donors (Lipinski definition) is 2. The van der Waals surface area contributed by atoms with Gasteiger partial charge >= 0.3 is 0 Å². The molecular formula is C26H32N2O4. The number of nitrogens with zero attached hydrogens (tertiary/aromatic N) is 1. The number of nitrogens with one attached hydrogen (secondary N) is 1. The van der Waals surface area contributed by atoms with Gasteiger partial charge in [-0.3, -0.25) is 4.79 Å². The van der Waals surface area contributed by atoms with Crippen LogP contribution in [0.5, 0.6) is 11.5 Å². The number of hydrogen-bond acceptors (Lipinski definition) is 5. The molecule has 2 fully saturated rings. The lowest BCUT2D eigenvalue weighted by atomic mass is 9.96. The standard InChI is InChI=1S/C26H32N2O4/c1-17(23-3-2-4-24-25(23)32-16-31-24)27-21-10-9-20(15-21)18-5-7-19(8-6-18)26(30)28-13-11-22(29)12-14-28/h2-8,17,20-22,27,29H,9-16H2,1H3/t17-,20-,21+/m1/s1. The largest absolute Gasteiger partial charge is 0.454 e. The number of benzene rings is 2. The molecule has 2 heterocycles. The number of amides is 1. The molecule has 2 N–H and O–H groups in total. The molecule has 0 unspecified atom stereocenters. The van der Waals surface area contributed by atoms with E-state index in [1.807, 2.05) is 29.2 Å². The van der Waals surface area contributed by atoms with Crippen molar-refractivity contribution in [3.05, 3.63) is 59.2 Å². The summed E-state index contributed by atoms with van der Waals surface area (Å²) in [5, 5.41) is 13.4. The van der Waals surface area contributed by atoms with Crippen molar-refractivity contribution in [2.75, 3.05) is 19.9 Å². The number of aliphatic hydroxyl groups is 1. The fourth-order valence-electron chi connectivity index (χ4n) is 5.32. The van der Waals surface area contributed by atoms with Gasteiger partial charge in [-0.25, -0.2) is 0 Å². The molecule has 3 aliphatic rings. The third kappa shape index (κ3) is 4.34. The molecule has 1 saturated carbocycles. The molecule has 0 spiro atoms. The predicted molar refractivity (Wildman–Crippen MR) is 122 cm³/mol. The molecule has 0 aromatic heterocycles. The van der Waals surface area contributed by atoms with Gasteiger partial charge in [-0.2, -0.15) is 0 Å². The van der Waals surface area contributed by atoms with E-state index >= 15 is 0 Å². The zero-order valence-electron chi connectivity index (χ0n) is 18.6. The topological polar surface area (TPSA) is 71.0 Å². The second kappa shape index (κ2) is 9.12. The molecule has 1 saturated heterocycles. The van der Waals surface area contributed by atoms with Crippen LogP contribution in [-0.2, 0) is 0 Å². The number of carbonyl (C=O) groups excluding carboxylic acids is 1. The van der Waals surface area contributed by atoms with Gasteiger partial charge in [0.2, 0.25) is 6.79 Å². The highest BCUT2D eigenvalue weighted by atomic mass is 16.7. The number of fused-ring (bicyclic) bond motifs is 1. The number of ether oxygens (including phenoxy) is 2. The maximum absolute atomic E-state index is 12.7. The molecule has 0 radical (unpaired) electrons. The second-order valence-corrected chi connectivity index (χ2v) is 9.32. The van der Waals surface area contributed by atoms with E-state index in [1.54, 1.807) is 0 Å². The third-order valence-corrected chi connectivity index (χ3v) is 7.19. The minimum atomic E-state index is -0.267. The lowest BCUT2D eigenvalue weighted by molar-refractivity contribution is 0.0546. The van der Waals surface area contributed by atoms with Crippen molar-refractivity contribution in [3.63, 3.8) is 0 Å². The van der Waals surface area contributed by atoms with Crippen molar-refractivity contribution >= 4 is 5.91 Å². The molecule has 1 aliphatic carbocycles. The average molecular weight is 437 g/mol. The summed E-state index contributed by atoms with van der Waals surface area (Å²) in [4.78, 5) is 14.6. The Morgan fingerprint density at radius 1 is 1.06 bits per heavy atom. The average Bonchev–Trinajstić information content (AvgIpc) is 3.48. The van der Waals surface area contributed by atoms with Gasteiger partial charge in [0.05, 0.1) is 6.10 Å².